The van der Waals surface area contributed by atoms with Gasteiger partial charge in [-0.1, -0.05) is 17.3 Å². The molecule has 0 spiro atoms. The minimum absolute atomic E-state index is 0.631. The smallest absolute Gasteiger partial charge is 0.231 e. The molecule has 3 heterocycles. The number of hydrogen-bond donors (Lipinski definition) is 1. The zero-order valence-corrected chi connectivity index (χ0v) is 14.4. The van der Waals surface area contributed by atoms with Crippen LogP contribution >= 0.6 is 0 Å². The Labute approximate surface area is 146 Å². The van der Waals surface area contributed by atoms with Crippen LogP contribution in [0.3, 0.4) is 0 Å². The number of nitrogens with zero attached hydrogens (tertiary/aromatic N) is 5. The van der Waals surface area contributed by atoms with Crippen molar-refractivity contribution in [2.24, 2.45) is 0 Å². The van der Waals surface area contributed by atoms with Gasteiger partial charge in [0.15, 0.2) is 5.82 Å². The highest BCUT2D eigenvalue weighted by Crippen LogP contribution is 2.25. The van der Waals surface area contributed by atoms with Gasteiger partial charge in [-0.15, -0.1) is 0 Å². The summed E-state index contributed by atoms with van der Waals surface area (Å²) in [5, 5.41) is 7.24. The Balaban J connectivity index is 1.50. The summed E-state index contributed by atoms with van der Waals surface area (Å²) in [4.78, 5) is 15.4. The summed E-state index contributed by atoms with van der Waals surface area (Å²) in [7, 11) is 2.12. The number of benzene rings is 1. The molecule has 0 saturated heterocycles. The van der Waals surface area contributed by atoms with Gasteiger partial charge in [0, 0.05) is 30.8 Å². The van der Waals surface area contributed by atoms with Crippen molar-refractivity contribution < 1.29 is 4.52 Å². The van der Waals surface area contributed by atoms with E-state index in [1.165, 1.54) is 5.56 Å². The van der Waals surface area contributed by atoms with Gasteiger partial charge >= 0.3 is 0 Å². The average molecular weight is 336 g/mol. The van der Waals surface area contributed by atoms with Crippen LogP contribution in [0.15, 0.2) is 35.1 Å². The summed E-state index contributed by atoms with van der Waals surface area (Å²) in [6.07, 6.45) is 3.24. The molecule has 0 unspecified atom stereocenters. The maximum atomic E-state index is 5.17. The highest BCUT2D eigenvalue weighted by Gasteiger charge is 2.18. The third-order valence-corrected chi connectivity index (χ3v) is 4.33. The van der Waals surface area contributed by atoms with Gasteiger partial charge in [0.2, 0.25) is 5.89 Å². The van der Waals surface area contributed by atoms with Crippen LogP contribution in [-0.2, 0) is 19.4 Å². The maximum Gasteiger partial charge on any atom is 0.231 e. The molecule has 0 aliphatic carbocycles. The van der Waals surface area contributed by atoms with E-state index in [4.69, 9.17) is 4.52 Å². The molecular weight excluding hydrogens is 316 g/mol. The quantitative estimate of drug-likeness (QED) is 0.784. The summed E-state index contributed by atoms with van der Waals surface area (Å²) < 4.78 is 5.17. The first-order valence-corrected chi connectivity index (χ1v) is 8.34. The highest BCUT2D eigenvalue weighted by molar-refractivity contribution is 5.60. The van der Waals surface area contributed by atoms with Crippen molar-refractivity contribution >= 4 is 11.5 Å². The minimum Gasteiger partial charge on any atom is -0.340 e. The summed E-state index contributed by atoms with van der Waals surface area (Å²) >= 11 is 0. The molecule has 1 N–H and O–H groups in total. The standard InChI is InChI=1S/C18H20N6O/c1-12-21-17(25-23-12)9-13-3-5-14(6-4-13)22-18-15-10-24(2)8-7-16(15)19-11-20-18/h3-6,11H,7-10H2,1-2H3,(H,19,20,22). The van der Waals surface area contributed by atoms with Gasteiger partial charge < -0.3 is 14.7 Å². The van der Waals surface area contributed by atoms with Crippen molar-refractivity contribution in [2.45, 2.75) is 26.3 Å². The van der Waals surface area contributed by atoms with E-state index < -0.39 is 0 Å². The molecule has 7 nitrogen and oxygen atoms in total. The van der Waals surface area contributed by atoms with Crippen LogP contribution in [0.4, 0.5) is 11.5 Å². The number of hydrogen-bond acceptors (Lipinski definition) is 7. The Bertz CT molecular complexity index is 874. The summed E-state index contributed by atoms with van der Waals surface area (Å²) in [6, 6.07) is 8.20. The van der Waals surface area contributed by atoms with Gasteiger partial charge in [-0.2, -0.15) is 4.98 Å². The molecular formula is C18H20N6O. The lowest BCUT2D eigenvalue weighted by Crippen LogP contribution is -2.28. The van der Waals surface area contributed by atoms with Crippen LogP contribution < -0.4 is 5.32 Å². The second-order valence-electron chi connectivity index (χ2n) is 6.37. The molecule has 128 valence electrons. The van der Waals surface area contributed by atoms with Gasteiger partial charge in [0.1, 0.15) is 12.1 Å². The lowest BCUT2D eigenvalue weighted by Gasteiger charge is -2.25. The van der Waals surface area contributed by atoms with Gasteiger partial charge in [-0.05, 0) is 31.7 Å². The zero-order valence-electron chi connectivity index (χ0n) is 14.4. The van der Waals surface area contributed by atoms with Crippen LogP contribution in [0.1, 0.15) is 28.5 Å². The van der Waals surface area contributed by atoms with Gasteiger partial charge in [0.05, 0.1) is 12.1 Å². The van der Waals surface area contributed by atoms with Crippen molar-refractivity contribution in [3.63, 3.8) is 0 Å². The number of anilines is 2. The lowest BCUT2D eigenvalue weighted by molar-refractivity contribution is 0.310. The summed E-state index contributed by atoms with van der Waals surface area (Å²) in [5.41, 5.74) is 4.44. The van der Waals surface area contributed by atoms with Gasteiger partial charge in [-0.3, -0.25) is 0 Å². The molecule has 1 aliphatic rings. The monoisotopic (exact) mass is 336 g/mol. The molecule has 0 radical (unpaired) electrons. The SMILES string of the molecule is Cc1noc(Cc2ccc(Nc3ncnc4c3CN(C)CC4)cc2)n1. The predicted molar refractivity (Wildman–Crippen MR) is 93.6 cm³/mol. The Morgan fingerprint density at radius 2 is 2.04 bits per heavy atom. The van der Waals surface area contributed by atoms with Gasteiger partial charge in [0.25, 0.3) is 0 Å². The van der Waals surface area contributed by atoms with E-state index in [-0.39, 0.29) is 0 Å². The van der Waals surface area contributed by atoms with Crippen molar-refractivity contribution in [1.29, 1.82) is 0 Å². The number of aryl methyl sites for hydroxylation is 1. The fraction of sp³-hybridized carbons (Fsp3) is 0.333. The van der Waals surface area contributed by atoms with Crippen LogP contribution in [-0.4, -0.2) is 38.6 Å². The lowest BCUT2D eigenvalue weighted by atomic mass is 10.1. The molecule has 3 aromatic rings. The van der Waals surface area contributed by atoms with E-state index in [9.17, 15) is 0 Å². The molecule has 1 aliphatic heterocycles. The average Bonchev–Trinajstić information content (AvgIpc) is 3.02. The molecule has 7 heteroatoms. The number of fused-ring (bicyclic) bond motifs is 1. The van der Waals surface area contributed by atoms with Crippen molar-refractivity contribution in [2.75, 3.05) is 18.9 Å². The van der Waals surface area contributed by atoms with E-state index in [0.717, 1.165) is 42.3 Å². The first-order valence-electron chi connectivity index (χ1n) is 8.34. The van der Waals surface area contributed by atoms with Gasteiger partial charge in [-0.25, -0.2) is 9.97 Å². The number of likely N-dealkylation sites (N-methyl/N-ethyl adjacent to an activating group) is 1. The van der Waals surface area contributed by atoms with Crippen molar-refractivity contribution in [3.05, 3.63) is 59.1 Å². The normalized spacial score (nSPS) is 14.3. The Hall–Kier alpha value is -2.80. The van der Waals surface area contributed by atoms with Crippen LogP contribution in [0.5, 0.6) is 0 Å². The van der Waals surface area contributed by atoms with E-state index in [0.29, 0.717) is 18.1 Å². The molecule has 2 aromatic heterocycles. The van der Waals surface area contributed by atoms with Crippen LogP contribution in [0.2, 0.25) is 0 Å². The third-order valence-electron chi connectivity index (χ3n) is 4.33. The molecule has 0 amide bonds. The Kier molecular flexibility index (Phi) is 4.15. The topological polar surface area (TPSA) is 80.0 Å². The summed E-state index contributed by atoms with van der Waals surface area (Å²) in [5.74, 6) is 2.18. The maximum absolute atomic E-state index is 5.17. The molecule has 1 aromatic carbocycles. The fourth-order valence-corrected chi connectivity index (χ4v) is 3.01. The second-order valence-corrected chi connectivity index (χ2v) is 6.37. The first kappa shape index (κ1) is 15.7. The molecule has 0 fully saturated rings. The van der Waals surface area contributed by atoms with E-state index in [1.807, 2.05) is 19.1 Å². The van der Waals surface area contributed by atoms with Crippen molar-refractivity contribution in [3.8, 4) is 0 Å². The minimum atomic E-state index is 0.631. The fourth-order valence-electron chi connectivity index (χ4n) is 3.01. The zero-order chi connectivity index (χ0) is 17.2. The predicted octanol–water partition coefficient (Wildman–Crippen LogP) is 2.49. The van der Waals surface area contributed by atoms with E-state index in [1.54, 1.807) is 6.33 Å². The molecule has 0 saturated carbocycles. The summed E-state index contributed by atoms with van der Waals surface area (Å²) in [6.45, 7) is 3.72. The van der Waals surface area contributed by atoms with E-state index in [2.05, 4.69) is 49.5 Å². The Morgan fingerprint density at radius 1 is 1.20 bits per heavy atom. The molecule has 4 rings (SSSR count). The van der Waals surface area contributed by atoms with Crippen molar-refractivity contribution in [1.82, 2.24) is 25.0 Å². The number of rotatable bonds is 4. The largest absolute Gasteiger partial charge is 0.340 e. The molecule has 0 atom stereocenters. The number of nitrogens with one attached hydrogen (secondary N) is 1. The number of aromatic nitrogens is 4. The van der Waals surface area contributed by atoms with Crippen LogP contribution in [0, 0.1) is 6.92 Å². The second kappa shape index (κ2) is 6.60. The highest BCUT2D eigenvalue weighted by atomic mass is 16.5. The van der Waals surface area contributed by atoms with Crippen LogP contribution in [0.25, 0.3) is 0 Å². The van der Waals surface area contributed by atoms with E-state index >= 15 is 0 Å². The molecule has 25 heavy (non-hydrogen) atoms. The third kappa shape index (κ3) is 3.51. The molecule has 0 bridgehead atoms. The first-order chi connectivity index (χ1) is 12.2. The Morgan fingerprint density at radius 3 is 2.80 bits per heavy atom.